The zero-order valence-corrected chi connectivity index (χ0v) is 14.9. The van der Waals surface area contributed by atoms with Crippen molar-refractivity contribution in [1.29, 1.82) is 0 Å². The zero-order valence-electron chi connectivity index (χ0n) is 14.9. The maximum atomic E-state index is 12.5. The van der Waals surface area contributed by atoms with Crippen molar-refractivity contribution in [3.8, 4) is 0 Å². The first-order valence-electron chi connectivity index (χ1n) is 8.25. The summed E-state index contributed by atoms with van der Waals surface area (Å²) in [6.45, 7) is 5.62. The maximum absolute atomic E-state index is 12.5. The van der Waals surface area contributed by atoms with Gasteiger partial charge in [0.2, 0.25) is 0 Å². The molecule has 2 aromatic carbocycles. The maximum Gasteiger partial charge on any atom is 0.255 e. The van der Waals surface area contributed by atoms with Crippen LogP contribution >= 0.6 is 0 Å². The lowest BCUT2D eigenvalue weighted by molar-refractivity contribution is 0.101. The average Bonchev–Trinajstić information content (AvgIpc) is 2.94. The Kier molecular flexibility index (Phi) is 4.84. The van der Waals surface area contributed by atoms with Crippen LogP contribution in [0.4, 0.5) is 11.4 Å². The fourth-order valence-corrected chi connectivity index (χ4v) is 2.57. The average molecular weight is 348 g/mol. The molecule has 0 atom stereocenters. The normalized spacial score (nSPS) is 10.4. The number of hydrogen-bond acceptors (Lipinski definition) is 3. The minimum Gasteiger partial charge on any atom is -0.322 e. The van der Waals surface area contributed by atoms with Gasteiger partial charge >= 0.3 is 0 Å². The largest absolute Gasteiger partial charge is 0.322 e. The summed E-state index contributed by atoms with van der Waals surface area (Å²) in [6.07, 6.45) is 0. The molecule has 6 heteroatoms. The summed E-state index contributed by atoms with van der Waals surface area (Å²) in [4.78, 5) is 24.8. The second-order valence-electron chi connectivity index (χ2n) is 6.16. The number of aromatic amines is 1. The SMILES string of the molecule is Cc1ccc(C(=O)Nc2cccc(C(=O)Nc3c(C)n[nH]c3C)c2)cc1. The second-order valence-corrected chi connectivity index (χ2v) is 6.16. The molecule has 0 aliphatic rings. The number of benzene rings is 2. The molecule has 0 bridgehead atoms. The van der Waals surface area contributed by atoms with Gasteiger partial charge in [-0.1, -0.05) is 23.8 Å². The van der Waals surface area contributed by atoms with Crippen LogP contribution in [0.2, 0.25) is 0 Å². The Hall–Kier alpha value is -3.41. The van der Waals surface area contributed by atoms with E-state index in [2.05, 4.69) is 20.8 Å². The summed E-state index contributed by atoms with van der Waals surface area (Å²) in [7, 11) is 0. The van der Waals surface area contributed by atoms with Crippen LogP contribution in [0.3, 0.4) is 0 Å². The molecule has 6 nitrogen and oxygen atoms in total. The van der Waals surface area contributed by atoms with Gasteiger partial charge in [0.1, 0.15) is 0 Å². The monoisotopic (exact) mass is 348 g/mol. The summed E-state index contributed by atoms with van der Waals surface area (Å²) >= 11 is 0. The summed E-state index contributed by atoms with van der Waals surface area (Å²) in [6, 6.07) is 14.1. The molecule has 3 N–H and O–H groups in total. The van der Waals surface area contributed by atoms with Crippen molar-refractivity contribution < 1.29 is 9.59 Å². The Balaban J connectivity index is 1.74. The number of aromatic nitrogens is 2. The number of hydrogen-bond donors (Lipinski definition) is 3. The van der Waals surface area contributed by atoms with Gasteiger partial charge < -0.3 is 10.6 Å². The Labute approximate surface area is 151 Å². The molecule has 0 aliphatic carbocycles. The fourth-order valence-electron chi connectivity index (χ4n) is 2.57. The topological polar surface area (TPSA) is 86.9 Å². The van der Waals surface area contributed by atoms with E-state index in [4.69, 9.17) is 0 Å². The van der Waals surface area contributed by atoms with Crippen molar-refractivity contribution in [2.45, 2.75) is 20.8 Å². The van der Waals surface area contributed by atoms with Crippen LogP contribution in [0, 0.1) is 20.8 Å². The third-order valence-electron chi connectivity index (χ3n) is 4.06. The number of aryl methyl sites for hydroxylation is 3. The van der Waals surface area contributed by atoms with E-state index in [1.54, 1.807) is 36.4 Å². The van der Waals surface area contributed by atoms with Crippen molar-refractivity contribution in [2.24, 2.45) is 0 Å². The lowest BCUT2D eigenvalue weighted by Gasteiger charge is -2.09. The smallest absolute Gasteiger partial charge is 0.255 e. The molecule has 3 aromatic rings. The first-order valence-corrected chi connectivity index (χ1v) is 8.25. The van der Waals surface area contributed by atoms with Crippen LogP contribution in [0.1, 0.15) is 37.7 Å². The molecule has 0 aliphatic heterocycles. The summed E-state index contributed by atoms with van der Waals surface area (Å²) in [5, 5.41) is 12.6. The van der Waals surface area contributed by atoms with E-state index in [9.17, 15) is 9.59 Å². The van der Waals surface area contributed by atoms with Gasteiger partial charge in [0.05, 0.1) is 17.1 Å². The second kappa shape index (κ2) is 7.23. The zero-order chi connectivity index (χ0) is 18.7. The van der Waals surface area contributed by atoms with Crippen molar-refractivity contribution in [3.63, 3.8) is 0 Å². The van der Waals surface area contributed by atoms with Crippen LogP contribution < -0.4 is 10.6 Å². The highest BCUT2D eigenvalue weighted by molar-refractivity contribution is 6.07. The van der Waals surface area contributed by atoms with Gasteiger partial charge in [0.15, 0.2) is 0 Å². The van der Waals surface area contributed by atoms with Gasteiger partial charge in [0.25, 0.3) is 11.8 Å². The Morgan fingerprint density at radius 1 is 0.885 bits per heavy atom. The number of anilines is 2. The van der Waals surface area contributed by atoms with Crippen molar-refractivity contribution in [1.82, 2.24) is 10.2 Å². The van der Waals surface area contributed by atoms with E-state index in [0.717, 1.165) is 17.0 Å². The highest BCUT2D eigenvalue weighted by Gasteiger charge is 2.13. The molecule has 0 unspecified atom stereocenters. The highest BCUT2D eigenvalue weighted by atomic mass is 16.2. The van der Waals surface area contributed by atoms with E-state index in [-0.39, 0.29) is 11.8 Å². The molecular weight excluding hydrogens is 328 g/mol. The van der Waals surface area contributed by atoms with Crippen molar-refractivity contribution >= 4 is 23.2 Å². The molecular formula is C20H20N4O2. The van der Waals surface area contributed by atoms with Gasteiger partial charge in [-0.15, -0.1) is 0 Å². The lowest BCUT2D eigenvalue weighted by atomic mass is 10.1. The molecule has 0 radical (unpaired) electrons. The summed E-state index contributed by atoms with van der Waals surface area (Å²) in [5.74, 6) is -0.479. The first kappa shape index (κ1) is 17.4. The number of amides is 2. The Morgan fingerprint density at radius 2 is 1.58 bits per heavy atom. The molecule has 132 valence electrons. The Bertz CT molecular complexity index is 939. The molecule has 0 fully saturated rings. The number of carbonyl (C=O) groups is 2. The van der Waals surface area contributed by atoms with Crippen LogP contribution in [0.15, 0.2) is 48.5 Å². The van der Waals surface area contributed by atoms with Crippen LogP contribution in [-0.2, 0) is 0 Å². The molecule has 2 amide bonds. The molecule has 3 rings (SSSR count). The molecule has 0 saturated carbocycles. The van der Waals surface area contributed by atoms with E-state index < -0.39 is 0 Å². The standard InChI is InChI=1S/C20H20N4O2/c1-12-7-9-15(10-8-12)19(25)21-17-6-4-5-16(11-17)20(26)22-18-13(2)23-24-14(18)3/h4-11H,1-3H3,(H,21,25)(H,22,26)(H,23,24). The van der Waals surface area contributed by atoms with Crippen molar-refractivity contribution in [2.75, 3.05) is 10.6 Å². The van der Waals surface area contributed by atoms with Gasteiger partial charge in [0, 0.05) is 16.8 Å². The third-order valence-corrected chi connectivity index (χ3v) is 4.06. The summed E-state index contributed by atoms with van der Waals surface area (Å²) < 4.78 is 0. The van der Waals surface area contributed by atoms with E-state index in [0.29, 0.717) is 22.5 Å². The molecule has 1 aromatic heterocycles. The van der Waals surface area contributed by atoms with Gasteiger partial charge in [-0.25, -0.2) is 0 Å². The van der Waals surface area contributed by atoms with E-state index >= 15 is 0 Å². The third kappa shape index (κ3) is 3.80. The van der Waals surface area contributed by atoms with Gasteiger partial charge in [-0.3, -0.25) is 14.7 Å². The summed E-state index contributed by atoms with van der Waals surface area (Å²) in [5.41, 5.74) is 4.85. The molecule has 0 spiro atoms. The molecule has 1 heterocycles. The van der Waals surface area contributed by atoms with Crippen molar-refractivity contribution in [3.05, 3.63) is 76.6 Å². The first-order chi connectivity index (χ1) is 12.4. The van der Waals surface area contributed by atoms with Crippen LogP contribution in [0.25, 0.3) is 0 Å². The fraction of sp³-hybridized carbons (Fsp3) is 0.150. The minimum absolute atomic E-state index is 0.218. The molecule has 0 saturated heterocycles. The minimum atomic E-state index is -0.260. The number of H-pyrrole nitrogens is 1. The molecule has 26 heavy (non-hydrogen) atoms. The number of rotatable bonds is 4. The number of carbonyl (C=O) groups excluding carboxylic acids is 2. The Morgan fingerprint density at radius 3 is 2.23 bits per heavy atom. The highest BCUT2D eigenvalue weighted by Crippen LogP contribution is 2.19. The number of nitrogens with one attached hydrogen (secondary N) is 3. The van der Waals surface area contributed by atoms with Gasteiger partial charge in [-0.2, -0.15) is 5.10 Å². The predicted molar refractivity (Wildman–Crippen MR) is 102 cm³/mol. The van der Waals surface area contributed by atoms with E-state index in [1.165, 1.54) is 0 Å². The lowest BCUT2D eigenvalue weighted by Crippen LogP contribution is -2.15. The van der Waals surface area contributed by atoms with E-state index in [1.807, 2.05) is 32.9 Å². The predicted octanol–water partition coefficient (Wildman–Crippen LogP) is 3.84. The van der Waals surface area contributed by atoms with Gasteiger partial charge in [-0.05, 0) is 51.1 Å². The quantitative estimate of drug-likeness (QED) is 0.669. The van der Waals surface area contributed by atoms with Crippen LogP contribution in [0.5, 0.6) is 0 Å². The van der Waals surface area contributed by atoms with Crippen LogP contribution in [-0.4, -0.2) is 22.0 Å². The number of nitrogens with zero attached hydrogens (tertiary/aromatic N) is 1.